The molecule has 1 unspecified atom stereocenters. The maximum absolute atomic E-state index is 2.53. The van der Waals surface area contributed by atoms with E-state index in [9.17, 15) is 0 Å². The third-order valence-corrected chi connectivity index (χ3v) is 7.35. The topological polar surface area (TPSA) is 0 Å². The summed E-state index contributed by atoms with van der Waals surface area (Å²) in [6.07, 6.45) is 9.50. The average molecular weight is 379 g/mol. The molecule has 0 radical (unpaired) electrons. The zero-order chi connectivity index (χ0) is 15.9. The summed E-state index contributed by atoms with van der Waals surface area (Å²) >= 11 is 1.64. The van der Waals surface area contributed by atoms with Gasteiger partial charge in [-0.1, -0.05) is 0 Å². The van der Waals surface area contributed by atoms with E-state index in [1.807, 2.05) is 0 Å². The Morgan fingerprint density at radius 3 is 2.48 bits per heavy atom. The monoisotopic (exact) mass is 377 g/mol. The zero-order valence-corrected chi connectivity index (χ0v) is 16.3. The van der Waals surface area contributed by atoms with Gasteiger partial charge >= 0.3 is 155 Å². The van der Waals surface area contributed by atoms with Gasteiger partial charge in [-0.05, 0) is 0 Å². The van der Waals surface area contributed by atoms with Crippen molar-refractivity contribution in [2.75, 3.05) is 0 Å². The van der Waals surface area contributed by atoms with Crippen molar-refractivity contribution in [2.24, 2.45) is 5.41 Å². The molecule has 0 saturated heterocycles. The van der Waals surface area contributed by atoms with Gasteiger partial charge < -0.3 is 0 Å². The van der Waals surface area contributed by atoms with Crippen LogP contribution in [0.1, 0.15) is 53.8 Å². The molecule has 2 aliphatic rings. The number of rotatable bonds is 3. The van der Waals surface area contributed by atoms with E-state index >= 15 is 0 Å². The molecule has 23 heavy (non-hydrogen) atoms. The van der Waals surface area contributed by atoms with E-state index in [4.69, 9.17) is 0 Å². The summed E-state index contributed by atoms with van der Waals surface area (Å²) < 4.78 is 0.665. The molecule has 0 aliphatic heterocycles. The van der Waals surface area contributed by atoms with Crippen LogP contribution in [0.5, 0.6) is 0 Å². The van der Waals surface area contributed by atoms with Crippen molar-refractivity contribution < 1.29 is 24.7 Å². The maximum atomic E-state index is 2.53. The summed E-state index contributed by atoms with van der Waals surface area (Å²) in [5, 5.41) is 0. The molecule has 0 bridgehead atoms. The van der Waals surface area contributed by atoms with Gasteiger partial charge in [-0.2, -0.15) is 0 Å². The predicted molar refractivity (Wildman–Crippen MR) is 93.8 cm³/mol. The molecule has 1 heteroatoms. The van der Waals surface area contributed by atoms with E-state index in [0.717, 1.165) is 0 Å². The molecule has 2 aromatic rings. The second-order valence-electron chi connectivity index (χ2n) is 7.52. The number of fused-ring (bicyclic) bond motifs is 1. The van der Waals surface area contributed by atoms with Gasteiger partial charge in [0.05, 0.1) is 0 Å². The number of allylic oxidation sites excluding steroid dienone is 1. The Bertz CT molecular complexity index is 736. The molecule has 1 atom stereocenters. The first kappa shape index (κ1) is 15.6. The molecule has 0 aromatic heterocycles. The summed E-state index contributed by atoms with van der Waals surface area (Å²) in [5.41, 5.74) is 8.03. The van der Waals surface area contributed by atoms with E-state index in [1.54, 1.807) is 35.9 Å². The fourth-order valence-electron chi connectivity index (χ4n) is 4.39. The normalized spacial score (nSPS) is 21.9. The van der Waals surface area contributed by atoms with Crippen molar-refractivity contribution in [2.45, 2.75) is 42.7 Å². The van der Waals surface area contributed by atoms with Crippen LogP contribution in [0.15, 0.2) is 54.1 Å². The Kier molecular flexibility index (Phi) is 4.18. The summed E-state index contributed by atoms with van der Waals surface area (Å²) in [6.45, 7) is 2.50. The van der Waals surface area contributed by atoms with Crippen molar-refractivity contribution in [1.29, 1.82) is 0 Å². The van der Waals surface area contributed by atoms with Gasteiger partial charge in [0.15, 0.2) is 0 Å². The third kappa shape index (κ3) is 2.94. The van der Waals surface area contributed by atoms with Crippen LogP contribution in [0, 0.1) is 5.41 Å². The van der Waals surface area contributed by atoms with E-state index in [-0.39, 0.29) is 0 Å². The van der Waals surface area contributed by atoms with Gasteiger partial charge in [0.1, 0.15) is 0 Å². The van der Waals surface area contributed by atoms with Crippen LogP contribution < -0.4 is 0 Å². The van der Waals surface area contributed by atoms with E-state index in [0.29, 0.717) is 9.04 Å². The first-order valence-corrected chi connectivity index (χ1v) is 10.2. The second kappa shape index (κ2) is 6.17. The molecular weight excluding hydrogens is 355 g/mol. The van der Waals surface area contributed by atoms with Gasteiger partial charge in [0.2, 0.25) is 0 Å². The van der Waals surface area contributed by atoms with Crippen LogP contribution >= 0.6 is 0 Å². The summed E-state index contributed by atoms with van der Waals surface area (Å²) in [6, 6.07) is 17.7. The zero-order valence-electron chi connectivity index (χ0n) is 13.8. The molecule has 0 amide bonds. The van der Waals surface area contributed by atoms with Crippen molar-refractivity contribution in [3.05, 3.63) is 65.2 Å². The van der Waals surface area contributed by atoms with Crippen molar-refractivity contribution in [3.8, 4) is 11.1 Å². The third-order valence-electron chi connectivity index (χ3n) is 5.68. The van der Waals surface area contributed by atoms with Crippen molar-refractivity contribution in [1.82, 2.24) is 0 Å². The van der Waals surface area contributed by atoms with Crippen LogP contribution in [0.4, 0.5) is 0 Å². The molecule has 2 aromatic carbocycles. The Morgan fingerprint density at radius 1 is 1.00 bits per heavy atom. The standard InChI is InChI=1S/C22H23.Zr/c1-22(12-5-6-13-22)16-17-14-19-10-7-11-20(21(19)15-17)18-8-3-2-4-9-18;/h2-4,7-11,14-15H,5-6,12-13,16H2,1H3;. The van der Waals surface area contributed by atoms with Crippen LogP contribution in [0.3, 0.4) is 0 Å². The summed E-state index contributed by atoms with van der Waals surface area (Å²) in [7, 11) is 0. The van der Waals surface area contributed by atoms with Gasteiger partial charge in [-0.15, -0.1) is 0 Å². The minimum absolute atomic E-state index is 0.551. The minimum atomic E-state index is 0.551. The van der Waals surface area contributed by atoms with Crippen molar-refractivity contribution >= 4 is 6.08 Å². The number of hydrogen-bond donors (Lipinski definition) is 0. The van der Waals surface area contributed by atoms with Gasteiger partial charge in [-0.3, -0.25) is 0 Å². The van der Waals surface area contributed by atoms with Crippen LogP contribution in [-0.2, 0) is 24.7 Å². The molecule has 2 aliphatic carbocycles. The summed E-state index contributed by atoms with van der Waals surface area (Å²) in [5.74, 6) is 0. The molecule has 4 rings (SSSR count). The van der Waals surface area contributed by atoms with E-state index < -0.39 is 0 Å². The Labute approximate surface area is 154 Å². The molecular formula is C22H23Zr. The molecule has 0 heterocycles. The van der Waals surface area contributed by atoms with Gasteiger partial charge in [0, 0.05) is 0 Å². The Morgan fingerprint density at radius 2 is 1.74 bits per heavy atom. The molecule has 1 saturated carbocycles. The quantitative estimate of drug-likeness (QED) is 0.587. The van der Waals surface area contributed by atoms with E-state index in [2.05, 4.69) is 61.5 Å². The van der Waals surface area contributed by atoms with Crippen LogP contribution in [-0.4, -0.2) is 0 Å². The SMILES string of the molecule is CC1(CC2=Cc3c(-c4ccccc4)cccc3[CH]2[Zr])CCCC1. The van der Waals surface area contributed by atoms with Gasteiger partial charge in [0.25, 0.3) is 0 Å². The fourth-order valence-corrected chi connectivity index (χ4v) is 5.46. The predicted octanol–water partition coefficient (Wildman–Crippen LogP) is 6.31. The van der Waals surface area contributed by atoms with Crippen molar-refractivity contribution in [3.63, 3.8) is 0 Å². The first-order valence-electron chi connectivity index (χ1n) is 8.76. The van der Waals surface area contributed by atoms with Crippen LogP contribution in [0.2, 0.25) is 0 Å². The molecule has 1 fully saturated rings. The van der Waals surface area contributed by atoms with Gasteiger partial charge in [-0.25, -0.2) is 0 Å². The average Bonchev–Trinajstić information content (AvgIpc) is 3.13. The second-order valence-corrected chi connectivity index (χ2v) is 8.94. The summed E-state index contributed by atoms with van der Waals surface area (Å²) in [4.78, 5) is 0. The molecule has 0 spiro atoms. The van der Waals surface area contributed by atoms with E-state index in [1.165, 1.54) is 48.8 Å². The molecule has 0 nitrogen and oxygen atoms in total. The van der Waals surface area contributed by atoms with Crippen LogP contribution in [0.25, 0.3) is 17.2 Å². The number of benzene rings is 2. The molecule has 115 valence electrons. The Hall–Kier alpha value is -0.937. The Balaban J connectivity index is 1.72. The molecule has 0 N–H and O–H groups in total. The fraction of sp³-hybridized carbons (Fsp3) is 0.364. The number of hydrogen-bond acceptors (Lipinski definition) is 0. The first-order chi connectivity index (χ1) is 11.2.